The number of carbonyl (C=O) groups is 2. The van der Waals surface area contributed by atoms with E-state index in [0.29, 0.717) is 5.02 Å². The SMILES string of the molecule is COc1ccc(C(=O)OC(C)C(=O)NCc2ccccc2Cl)c(F)c1. The van der Waals surface area contributed by atoms with Gasteiger partial charge in [-0.15, -0.1) is 0 Å². The number of ether oxygens (including phenoxy) is 2. The van der Waals surface area contributed by atoms with E-state index in [0.717, 1.165) is 11.6 Å². The number of hydrogen-bond donors (Lipinski definition) is 1. The molecule has 0 bridgehead atoms. The predicted molar refractivity (Wildman–Crippen MR) is 91.1 cm³/mol. The lowest BCUT2D eigenvalue weighted by atomic mass is 10.2. The first-order valence-corrected chi connectivity index (χ1v) is 7.85. The molecular formula is C18H17ClFNO4. The molecule has 1 amide bonds. The van der Waals surface area contributed by atoms with Gasteiger partial charge < -0.3 is 14.8 Å². The van der Waals surface area contributed by atoms with Gasteiger partial charge in [0.2, 0.25) is 0 Å². The molecule has 2 aromatic carbocycles. The van der Waals surface area contributed by atoms with Crippen LogP contribution >= 0.6 is 11.6 Å². The molecule has 7 heteroatoms. The van der Waals surface area contributed by atoms with Crippen LogP contribution in [0.1, 0.15) is 22.8 Å². The first-order chi connectivity index (χ1) is 11.9. The Bertz CT molecular complexity index is 781. The molecule has 0 radical (unpaired) electrons. The van der Waals surface area contributed by atoms with Gasteiger partial charge in [-0.05, 0) is 30.7 Å². The summed E-state index contributed by atoms with van der Waals surface area (Å²) in [5, 5.41) is 3.14. The van der Waals surface area contributed by atoms with Gasteiger partial charge in [0, 0.05) is 17.6 Å². The quantitative estimate of drug-likeness (QED) is 0.797. The van der Waals surface area contributed by atoms with E-state index in [-0.39, 0.29) is 17.9 Å². The number of benzene rings is 2. The van der Waals surface area contributed by atoms with Gasteiger partial charge in [0.05, 0.1) is 12.7 Å². The van der Waals surface area contributed by atoms with Crippen LogP contribution in [0.5, 0.6) is 5.75 Å². The molecule has 5 nitrogen and oxygen atoms in total. The van der Waals surface area contributed by atoms with E-state index in [4.69, 9.17) is 21.1 Å². The first-order valence-electron chi connectivity index (χ1n) is 7.48. The lowest BCUT2D eigenvalue weighted by molar-refractivity contribution is -0.129. The van der Waals surface area contributed by atoms with Crippen molar-refractivity contribution in [1.29, 1.82) is 0 Å². The van der Waals surface area contributed by atoms with Crippen LogP contribution in [-0.4, -0.2) is 25.1 Å². The van der Waals surface area contributed by atoms with Crippen molar-refractivity contribution in [3.05, 3.63) is 64.4 Å². The number of carbonyl (C=O) groups excluding carboxylic acids is 2. The van der Waals surface area contributed by atoms with Crippen LogP contribution in [0.15, 0.2) is 42.5 Å². The number of nitrogens with one attached hydrogen (secondary N) is 1. The highest BCUT2D eigenvalue weighted by Crippen LogP contribution is 2.18. The van der Waals surface area contributed by atoms with Gasteiger partial charge in [0.25, 0.3) is 5.91 Å². The topological polar surface area (TPSA) is 64.6 Å². The third-order valence-electron chi connectivity index (χ3n) is 3.46. The Morgan fingerprint density at radius 2 is 1.96 bits per heavy atom. The van der Waals surface area contributed by atoms with Gasteiger partial charge in [-0.25, -0.2) is 9.18 Å². The summed E-state index contributed by atoms with van der Waals surface area (Å²) in [5.74, 6) is -1.95. The van der Waals surface area contributed by atoms with Gasteiger partial charge in [-0.2, -0.15) is 0 Å². The van der Waals surface area contributed by atoms with Crippen molar-refractivity contribution in [2.45, 2.75) is 19.6 Å². The third-order valence-corrected chi connectivity index (χ3v) is 3.83. The van der Waals surface area contributed by atoms with E-state index >= 15 is 0 Å². The molecule has 0 aliphatic rings. The van der Waals surface area contributed by atoms with E-state index in [9.17, 15) is 14.0 Å². The van der Waals surface area contributed by atoms with Gasteiger partial charge in [0.15, 0.2) is 6.10 Å². The van der Waals surface area contributed by atoms with Crippen LogP contribution in [-0.2, 0) is 16.1 Å². The number of hydrogen-bond acceptors (Lipinski definition) is 4. The fourth-order valence-corrected chi connectivity index (χ4v) is 2.24. The lowest BCUT2D eigenvalue weighted by Gasteiger charge is -2.14. The summed E-state index contributed by atoms with van der Waals surface area (Å²) >= 11 is 6.01. The number of rotatable bonds is 6. The van der Waals surface area contributed by atoms with Crippen LogP contribution in [0, 0.1) is 5.82 Å². The van der Waals surface area contributed by atoms with Crippen molar-refractivity contribution < 1.29 is 23.5 Å². The van der Waals surface area contributed by atoms with Crippen molar-refractivity contribution in [1.82, 2.24) is 5.32 Å². The van der Waals surface area contributed by atoms with Gasteiger partial charge >= 0.3 is 5.97 Å². The second kappa shape index (κ2) is 8.48. The molecule has 1 unspecified atom stereocenters. The van der Waals surface area contributed by atoms with E-state index in [1.807, 2.05) is 0 Å². The number of amides is 1. The normalized spacial score (nSPS) is 11.5. The minimum Gasteiger partial charge on any atom is -0.497 e. The predicted octanol–water partition coefficient (Wildman–Crippen LogP) is 3.35. The highest BCUT2D eigenvalue weighted by atomic mass is 35.5. The van der Waals surface area contributed by atoms with Crippen LogP contribution in [0.4, 0.5) is 4.39 Å². The fourth-order valence-electron chi connectivity index (χ4n) is 2.03. The molecular weight excluding hydrogens is 349 g/mol. The first kappa shape index (κ1) is 18.7. The summed E-state index contributed by atoms with van der Waals surface area (Å²) in [4.78, 5) is 24.0. The van der Waals surface area contributed by atoms with Crippen LogP contribution in [0.2, 0.25) is 5.02 Å². The highest BCUT2D eigenvalue weighted by molar-refractivity contribution is 6.31. The molecule has 2 rings (SSSR count). The molecule has 0 aromatic heterocycles. The molecule has 0 heterocycles. The second-order valence-corrected chi connectivity index (χ2v) is 5.61. The Kier molecular flexibility index (Phi) is 6.36. The average molecular weight is 366 g/mol. The Morgan fingerprint density at radius 1 is 1.24 bits per heavy atom. The summed E-state index contributed by atoms with van der Waals surface area (Å²) < 4.78 is 23.7. The second-order valence-electron chi connectivity index (χ2n) is 5.20. The molecule has 1 atom stereocenters. The van der Waals surface area contributed by atoms with Crippen LogP contribution in [0.3, 0.4) is 0 Å². The number of methoxy groups -OCH3 is 1. The molecule has 2 aromatic rings. The minimum atomic E-state index is -1.09. The van der Waals surface area contributed by atoms with Crippen molar-refractivity contribution in [2.75, 3.05) is 7.11 Å². The molecule has 0 saturated carbocycles. The maximum absolute atomic E-state index is 13.9. The smallest absolute Gasteiger partial charge is 0.341 e. The Balaban J connectivity index is 1.94. The lowest BCUT2D eigenvalue weighted by Crippen LogP contribution is -2.35. The molecule has 1 N–H and O–H groups in total. The summed E-state index contributed by atoms with van der Waals surface area (Å²) in [5.41, 5.74) is 0.462. The summed E-state index contributed by atoms with van der Waals surface area (Å²) in [6.07, 6.45) is -1.09. The van der Waals surface area contributed by atoms with E-state index in [1.54, 1.807) is 24.3 Å². The Morgan fingerprint density at radius 3 is 2.60 bits per heavy atom. The summed E-state index contributed by atoms with van der Waals surface area (Å²) in [7, 11) is 1.39. The zero-order valence-electron chi connectivity index (χ0n) is 13.7. The zero-order chi connectivity index (χ0) is 18.4. The molecule has 0 aliphatic carbocycles. The van der Waals surface area contributed by atoms with E-state index < -0.39 is 23.8 Å². The average Bonchev–Trinajstić information content (AvgIpc) is 2.60. The Hall–Kier alpha value is -2.60. The third kappa shape index (κ3) is 4.93. The molecule has 0 fully saturated rings. The van der Waals surface area contributed by atoms with Crippen LogP contribution in [0.25, 0.3) is 0 Å². The maximum Gasteiger partial charge on any atom is 0.341 e. The van der Waals surface area contributed by atoms with Crippen molar-refractivity contribution in [2.24, 2.45) is 0 Å². The summed E-state index contributed by atoms with van der Waals surface area (Å²) in [6.45, 7) is 1.60. The maximum atomic E-state index is 13.9. The van der Waals surface area contributed by atoms with Gasteiger partial charge in [-0.3, -0.25) is 4.79 Å². The Labute approximate surface area is 149 Å². The molecule has 0 aliphatic heterocycles. The largest absolute Gasteiger partial charge is 0.497 e. The van der Waals surface area contributed by atoms with Crippen LogP contribution < -0.4 is 10.1 Å². The number of esters is 1. The monoisotopic (exact) mass is 365 g/mol. The van der Waals surface area contributed by atoms with Crippen molar-refractivity contribution >= 4 is 23.5 Å². The van der Waals surface area contributed by atoms with Gasteiger partial charge in [0.1, 0.15) is 11.6 Å². The van der Waals surface area contributed by atoms with Crippen molar-refractivity contribution in [3.8, 4) is 5.75 Å². The van der Waals surface area contributed by atoms with E-state index in [1.165, 1.54) is 26.2 Å². The molecule has 0 saturated heterocycles. The molecule has 0 spiro atoms. The highest BCUT2D eigenvalue weighted by Gasteiger charge is 2.21. The summed E-state index contributed by atoms with van der Waals surface area (Å²) in [6, 6.07) is 10.8. The van der Waals surface area contributed by atoms with E-state index in [2.05, 4.69) is 5.32 Å². The molecule has 25 heavy (non-hydrogen) atoms. The zero-order valence-corrected chi connectivity index (χ0v) is 14.5. The standard InChI is InChI=1S/C18H17ClFNO4/c1-11(17(22)21-10-12-5-3-4-6-15(12)19)25-18(23)14-8-7-13(24-2)9-16(14)20/h3-9,11H,10H2,1-2H3,(H,21,22). The minimum absolute atomic E-state index is 0.192. The fraction of sp³-hybridized carbons (Fsp3) is 0.222. The number of halogens is 2. The molecule has 132 valence electrons. The van der Waals surface area contributed by atoms with Crippen molar-refractivity contribution in [3.63, 3.8) is 0 Å². The van der Waals surface area contributed by atoms with Gasteiger partial charge in [-0.1, -0.05) is 29.8 Å².